The first-order valence-electron chi connectivity index (χ1n) is 8.59. The summed E-state index contributed by atoms with van der Waals surface area (Å²) in [6.45, 7) is 5.85. The molecule has 2 aromatic rings. The molecule has 0 heterocycles. The Morgan fingerprint density at radius 1 is 0.696 bits per heavy atom. The first-order chi connectivity index (χ1) is 11.4. The number of rotatable bonds is 11. The number of hydrogen-bond acceptors (Lipinski definition) is 3. The highest BCUT2D eigenvalue weighted by Crippen LogP contribution is 2.01. The summed E-state index contributed by atoms with van der Waals surface area (Å²) in [4.78, 5) is 2.45. The predicted octanol–water partition coefficient (Wildman–Crippen LogP) is 2.32. The molecule has 0 aliphatic heterocycles. The van der Waals surface area contributed by atoms with Crippen molar-refractivity contribution in [2.24, 2.45) is 5.73 Å². The molecule has 3 N–H and O–H groups in total. The van der Waals surface area contributed by atoms with Gasteiger partial charge in [-0.25, -0.2) is 0 Å². The lowest BCUT2D eigenvalue weighted by atomic mass is 10.1. The van der Waals surface area contributed by atoms with E-state index in [1.54, 1.807) is 0 Å². The summed E-state index contributed by atoms with van der Waals surface area (Å²) in [6.07, 6.45) is 2.17. The van der Waals surface area contributed by atoms with E-state index in [0.29, 0.717) is 0 Å². The predicted molar refractivity (Wildman–Crippen MR) is 98.7 cm³/mol. The molecule has 2 aromatic carbocycles. The van der Waals surface area contributed by atoms with Crippen LogP contribution >= 0.6 is 0 Å². The largest absolute Gasteiger partial charge is 0.329 e. The van der Waals surface area contributed by atoms with E-state index in [-0.39, 0.29) is 0 Å². The second-order valence-electron chi connectivity index (χ2n) is 5.85. The first-order valence-corrected chi connectivity index (χ1v) is 8.59. The van der Waals surface area contributed by atoms with Crippen LogP contribution in [0.15, 0.2) is 60.7 Å². The molecule has 0 bridgehead atoms. The Bertz CT molecular complexity index is 513. The first kappa shape index (κ1) is 17.7. The van der Waals surface area contributed by atoms with E-state index in [4.69, 9.17) is 5.73 Å². The van der Waals surface area contributed by atoms with Gasteiger partial charge in [0.05, 0.1) is 0 Å². The van der Waals surface area contributed by atoms with E-state index in [0.717, 1.165) is 52.1 Å². The van der Waals surface area contributed by atoms with Crippen LogP contribution < -0.4 is 11.1 Å². The van der Waals surface area contributed by atoms with Gasteiger partial charge in [-0.1, -0.05) is 60.7 Å². The highest BCUT2D eigenvalue weighted by Gasteiger charge is 2.04. The summed E-state index contributed by atoms with van der Waals surface area (Å²) in [5, 5.41) is 3.54. The highest BCUT2D eigenvalue weighted by atomic mass is 15.1. The number of nitrogens with two attached hydrogens (primary N) is 1. The van der Waals surface area contributed by atoms with Gasteiger partial charge in [0.2, 0.25) is 0 Å². The van der Waals surface area contributed by atoms with Crippen molar-refractivity contribution in [1.82, 2.24) is 10.2 Å². The molecule has 124 valence electrons. The molecule has 0 spiro atoms. The van der Waals surface area contributed by atoms with Gasteiger partial charge in [-0.15, -0.1) is 0 Å². The normalized spacial score (nSPS) is 11.0. The Hall–Kier alpha value is -1.68. The molecule has 0 fully saturated rings. The van der Waals surface area contributed by atoms with Crippen molar-refractivity contribution >= 4 is 0 Å². The Morgan fingerprint density at radius 3 is 1.91 bits per heavy atom. The second kappa shape index (κ2) is 10.9. The van der Waals surface area contributed by atoms with Crippen LogP contribution in [0, 0.1) is 0 Å². The lowest BCUT2D eigenvalue weighted by molar-refractivity contribution is 0.284. The molecule has 23 heavy (non-hydrogen) atoms. The van der Waals surface area contributed by atoms with E-state index in [1.807, 2.05) is 0 Å². The fourth-order valence-corrected chi connectivity index (χ4v) is 2.69. The van der Waals surface area contributed by atoms with Crippen molar-refractivity contribution in [2.75, 3.05) is 39.3 Å². The Morgan fingerprint density at radius 2 is 1.30 bits per heavy atom. The fraction of sp³-hybridized carbons (Fsp3) is 0.400. The molecule has 0 unspecified atom stereocenters. The van der Waals surface area contributed by atoms with Crippen LogP contribution in [0.1, 0.15) is 11.1 Å². The topological polar surface area (TPSA) is 41.3 Å². The lowest BCUT2D eigenvalue weighted by Gasteiger charge is -2.21. The Balaban J connectivity index is 1.62. The quantitative estimate of drug-likeness (QED) is 0.626. The van der Waals surface area contributed by atoms with E-state index in [9.17, 15) is 0 Å². The molecule has 0 aliphatic carbocycles. The summed E-state index contributed by atoms with van der Waals surface area (Å²) >= 11 is 0. The average molecular weight is 311 g/mol. The lowest BCUT2D eigenvalue weighted by Crippen LogP contribution is -2.37. The zero-order valence-corrected chi connectivity index (χ0v) is 14.0. The van der Waals surface area contributed by atoms with Crippen molar-refractivity contribution in [3.8, 4) is 0 Å². The van der Waals surface area contributed by atoms with Crippen LogP contribution in [0.5, 0.6) is 0 Å². The third-order valence-corrected chi connectivity index (χ3v) is 4.04. The standard InChI is InChI=1S/C20H29N3/c21-13-17-23(16-12-20-9-5-2-6-10-20)18-15-22-14-11-19-7-3-1-4-8-19/h1-10,22H,11-18,21H2. The van der Waals surface area contributed by atoms with Gasteiger partial charge in [-0.3, -0.25) is 0 Å². The minimum atomic E-state index is 0.721. The molecule has 0 atom stereocenters. The van der Waals surface area contributed by atoms with Crippen molar-refractivity contribution in [3.63, 3.8) is 0 Å². The van der Waals surface area contributed by atoms with Gasteiger partial charge in [0, 0.05) is 32.7 Å². The summed E-state index contributed by atoms with van der Waals surface area (Å²) in [5.41, 5.74) is 8.53. The van der Waals surface area contributed by atoms with E-state index in [2.05, 4.69) is 70.9 Å². The van der Waals surface area contributed by atoms with Gasteiger partial charge < -0.3 is 16.0 Å². The van der Waals surface area contributed by atoms with Crippen molar-refractivity contribution in [2.45, 2.75) is 12.8 Å². The number of benzene rings is 2. The molecule has 2 rings (SSSR count). The molecule has 0 saturated carbocycles. The van der Waals surface area contributed by atoms with Crippen molar-refractivity contribution in [1.29, 1.82) is 0 Å². The smallest absolute Gasteiger partial charge is 0.0107 e. The third kappa shape index (κ3) is 7.42. The van der Waals surface area contributed by atoms with Crippen molar-refractivity contribution < 1.29 is 0 Å². The van der Waals surface area contributed by atoms with Gasteiger partial charge >= 0.3 is 0 Å². The molecule has 3 nitrogen and oxygen atoms in total. The highest BCUT2D eigenvalue weighted by molar-refractivity contribution is 5.15. The monoisotopic (exact) mass is 311 g/mol. The zero-order valence-electron chi connectivity index (χ0n) is 14.0. The maximum absolute atomic E-state index is 5.74. The average Bonchev–Trinajstić information content (AvgIpc) is 2.61. The SMILES string of the molecule is NCCN(CCNCCc1ccccc1)CCc1ccccc1. The van der Waals surface area contributed by atoms with Crippen LogP contribution in [-0.4, -0.2) is 44.2 Å². The maximum atomic E-state index is 5.74. The summed E-state index contributed by atoms with van der Waals surface area (Å²) in [5.74, 6) is 0. The van der Waals surface area contributed by atoms with E-state index >= 15 is 0 Å². The Labute approximate surface area is 140 Å². The van der Waals surface area contributed by atoms with Gasteiger partial charge in [-0.2, -0.15) is 0 Å². The van der Waals surface area contributed by atoms with Crippen LogP contribution in [0.3, 0.4) is 0 Å². The Kier molecular flexibility index (Phi) is 8.41. The van der Waals surface area contributed by atoms with Crippen molar-refractivity contribution in [3.05, 3.63) is 71.8 Å². The minimum Gasteiger partial charge on any atom is -0.329 e. The van der Waals surface area contributed by atoms with Gasteiger partial charge in [-0.05, 0) is 30.5 Å². The third-order valence-electron chi connectivity index (χ3n) is 4.04. The van der Waals surface area contributed by atoms with Crippen LogP contribution in [0.4, 0.5) is 0 Å². The van der Waals surface area contributed by atoms with Crippen LogP contribution in [0.2, 0.25) is 0 Å². The van der Waals surface area contributed by atoms with Crippen LogP contribution in [-0.2, 0) is 12.8 Å². The number of hydrogen-bond donors (Lipinski definition) is 2. The summed E-state index contributed by atoms with van der Waals surface area (Å²) in [7, 11) is 0. The van der Waals surface area contributed by atoms with Crippen LogP contribution in [0.25, 0.3) is 0 Å². The molecule has 0 radical (unpaired) electrons. The van der Waals surface area contributed by atoms with Gasteiger partial charge in [0.15, 0.2) is 0 Å². The van der Waals surface area contributed by atoms with Gasteiger partial charge in [0.1, 0.15) is 0 Å². The minimum absolute atomic E-state index is 0.721. The molecule has 3 heteroatoms. The van der Waals surface area contributed by atoms with E-state index in [1.165, 1.54) is 11.1 Å². The molecular formula is C20H29N3. The number of nitrogens with one attached hydrogen (secondary N) is 1. The molecular weight excluding hydrogens is 282 g/mol. The molecule has 0 aliphatic rings. The molecule has 0 saturated heterocycles. The summed E-state index contributed by atoms with van der Waals surface area (Å²) < 4.78 is 0. The van der Waals surface area contributed by atoms with Gasteiger partial charge in [0.25, 0.3) is 0 Å². The molecule has 0 amide bonds. The fourth-order valence-electron chi connectivity index (χ4n) is 2.69. The number of nitrogens with zero attached hydrogens (tertiary/aromatic N) is 1. The maximum Gasteiger partial charge on any atom is 0.0107 e. The van der Waals surface area contributed by atoms with E-state index < -0.39 is 0 Å². The summed E-state index contributed by atoms with van der Waals surface area (Å²) in [6, 6.07) is 21.3. The second-order valence-corrected chi connectivity index (χ2v) is 5.85. The zero-order chi connectivity index (χ0) is 16.2. The molecule has 0 aromatic heterocycles.